The van der Waals surface area contributed by atoms with E-state index in [0.29, 0.717) is 18.9 Å². The molecule has 0 bridgehead atoms. The third-order valence-corrected chi connectivity index (χ3v) is 3.78. The molecule has 0 aromatic rings. The van der Waals surface area contributed by atoms with Crippen LogP contribution in [0.3, 0.4) is 0 Å². The zero-order valence-electron chi connectivity index (χ0n) is 11.2. The van der Waals surface area contributed by atoms with Gasteiger partial charge in [-0.05, 0) is 39.7 Å². The standard InChI is InChI=1S/C13H23N3O2/c1-9(2)16(8-10-4-3-7-14-10)13(18)11-5-6-12(17)15-11/h9-11,14H,3-8H2,1-2H3,(H,15,17)/t10?,11-/m1/s1. The van der Waals surface area contributed by atoms with Crippen LogP contribution in [0.15, 0.2) is 0 Å². The summed E-state index contributed by atoms with van der Waals surface area (Å²) in [6, 6.07) is 0.284. The van der Waals surface area contributed by atoms with Gasteiger partial charge in [0.05, 0.1) is 0 Å². The molecule has 2 heterocycles. The molecule has 0 aromatic carbocycles. The number of nitrogens with one attached hydrogen (secondary N) is 2. The van der Waals surface area contributed by atoms with Gasteiger partial charge in [-0.1, -0.05) is 0 Å². The number of rotatable bonds is 4. The fraction of sp³-hybridized carbons (Fsp3) is 0.846. The Labute approximate surface area is 108 Å². The maximum atomic E-state index is 12.4. The summed E-state index contributed by atoms with van der Waals surface area (Å²) in [5.41, 5.74) is 0. The van der Waals surface area contributed by atoms with Gasteiger partial charge in [0.25, 0.3) is 0 Å². The lowest BCUT2D eigenvalue weighted by Gasteiger charge is -2.31. The van der Waals surface area contributed by atoms with E-state index < -0.39 is 0 Å². The van der Waals surface area contributed by atoms with E-state index in [0.717, 1.165) is 19.5 Å². The van der Waals surface area contributed by atoms with Crippen molar-refractivity contribution in [3.8, 4) is 0 Å². The molecule has 0 aliphatic carbocycles. The van der Waals surface area contributed by atoms with Crippen LogP contribution in [0.1, 0.15) is 39.5 Å². The van der Waals surface area contributed by atoms with E-state index in [1.807, 2.05) is 18.7 Å². The second-order valence-electron chi connectivity index (χ2n) is 5.54. The van der Waals surface area contributed by atoms with Crippen LogP contribution in [0, 0.1) is 0 Å². The summed E-state index contributed by atoms with van der Waals surface area (Å²) in [5, 5.41) is 6.18. The normalized spacial score (nSPS) is 27.6. The molecule has 0 saturated carbocycles. The van der Waals surface area contributed by atoms with Crippen LogP contribution >= 0.6 is 0 Å². The average molecular weight is 253 g/mol. The second kappa shape index (κ2) is 5.69. The molecule has 5 heteroatoms. The highest BCUT2D eigenvalue weighted by Gasteiger charge is 2.33. The third kappa shape index (κ3) is 3.02. The van der Waals surface area contributed by atoms with Gasteiger partial charge in [0, 0.05) is 25.0 Å². The Morgan fingerprint density at radius 3 is 2.72 bits per heavy atom. The zero-order valence-corrected chi connectivity index (χ0v) is 11.2. The van der Waals surface area contributed by atoms with E-state index in [4.69, 9.17) is 0 Å². The van der Waals surface area contributed by atoms with Crippen molar-refractivity contribution in [3.63, 3.8) is 0 Å². The molecule has 2 saturated heterocycles. The molecule has 2 aliphatic rings. The molecule has 0 aromatic heterocycles. The lowest BCUT2D eigenvalue weighted by Crippen LogP contribution is -2.51. The Kier molecular flexibility index (Phi) is 4.22. The Morgan fingerprint density at radius 1 is 1.44 bits per heavy atom. The van der Waals surface area contributed by atoms with Gasteiger partial charge in [-0.25, -0.2) is 0 Å². The SMILES string of the molecule is CC(C)N(CC1CCCN1)C(=O)[C@H]1CCC(=O)N1. The molecule has 18 heavy (non-hydrogen) atoms. The molecular formula is C13H23N3O2. The summed E-state index contributed by atoms with van der Waals surface area (Å²) >= 11 is 0. The van der Waals surface area contributed by atoms with E-state index in [1.165, 1.54) is 6.42 Å². The molecule has 0 radical (unpaired) electrons. The second-order valence-corrected chi connectivity index (χ2v) is 5.54. The molecular weight excluding hydrogens is 230 g/mol. The van der Waals surface area contributed by atoms with Crippen molar-refractivity contribution in [2.45, 2.75) is 57.7 Å². The Morgan fingerprint density at radius 2 is 2.22 bits per heavy atom. The number of nitrogens with zero attached hydrogens (tertiary/aromatic N) is 1. The summed E-state index contributed by atoms with van der Waals surface area (Å²) < 4.78 is 0. The van der Waals surface area contributed by atoms with Crippen LogP contribution in [-0.2, 0) is 9.59 Å². The number of carbonyl (C=O) groups excluding carboxylic acids is 2. The fourth-order valence-electron chi connectivity index (χ4n) is 2.70. The van der Waals surface area contributed by atoms with Crippen molar-refractivity contribution in [2.24, 2.45) is 0 Å². The van der Waals surface area contributed by atoms with Gasteiger partial charge in [-0.3, -0.25) is 9.59 Å². The summed E-state index contributed by atoms with van der Waals surface area (Å²) in [6.45, 7) is 5.86. The van der Waals surface area contributed by atoms with Gasteiger partial charge in [0.1, 0.15) is 6.04 Å². The van der Waals surface area contributed by atoms with Crippen LogP contribution < -0.4 is 10.6 Å². The third-order valence-electron chi connectivity index (χ3n) is 3.78. The van der Waals surface area contributed by atoms with Crippen molar-refractivity contribution >= 4 is 11.8 Å². The van der Waals surface area contributed by atoms with Gasteiger partial charge in [0.15, 0.2) is 0 Å². The minimum Gasteiger partial charge on any atom is -0.344 e. The first-order chi connectivity index (χ1) is 8.58. The van der Waals surface area contributed by atoms with E-state index >= 15 is 0 Å². The molecule has 1 unspecified atom stereocenters. The number of hydrogen-bond acceptors (Lipinski definition) is 3. The smallest absolute Gasteiger partial charge is 0.245 e. The molecule has 0 spiro atoms. The van der Waals surface area contributed by atoms with E-state index in [1.54, 1.807) is 0 Å². The van der Waals surface area contributed by atoms with Crippen molar-refractivity contribution in [3.05, 3.63) is 0 Å². The Balaban J connectivity index is 1.95. The molecule has 102 valence electrons. The molecule has 5 nitrogen and oxygen atoms in total. The first-order valence-corrected chi connectivity index (χ1v) is 6.91. The van der Waals surface area contributed by atoms with Crippen molar-refractivity contribution in [2.75, 3.05) is 13.1 Å². The van der Waals surface area contributed by atoms with Crippen LogP contribution in [0.5, 0.6) is 0 Å². The van der Waals surface area contributed by atoms with Crippen LogP contribution in [-0.4, -0.2) is 47.9 Å². The maximum Gasteiger partial charge on any atom is 0.245 e. The first-order valence-electron chi connectivity index (χ1n) is 6.91. The Bertz CT molecular complexity index is 324. The molecule has 2 N–H and O–H groups in total. The van der Waals surface area contributed by atoms with Gasteiger partial charge in [-0.2, -0.15) is 0 Å². The highest BCUT2D eigenvalue weighted by Crippen LogP contribution is 2.14. The minimum absolute atomic E-state index is 0.00366. The van der Waals surface area contributed by atoms with Crippen LogP contribution in [0.2, 0.25) is 0 Å². The van der Waals surface area contributed by atoms with E-state index in [-0.39, 0.29) is 23.9 Å². The molecule has 2 aliphatic heterocycles. The van der Waals surface area contributed by atoms with Crippen LogP contribution in [0.25, 0.3) is 0 Å². The average Bonchev–Trinajstić information content (AvgIpc) is 2.95. The largest absolute Gasteiger partial charge is 0.344 e. The summed E-state index contributed by atoms with van der Waals surface area (Å²) in [5.74, 6) is 0.0700. The molecule has 2 rings (SSSR count). The van der Waals surface area contributed by atoms with Gasteiger partial charge in [-0.15, -0.1) is 0 Å². The van der Waals surface area contributed by atoms with Crippen molar-refractivity contribution in [1.29, 1.82) is 0 Å². The van der Waals surface area contributed by atoms with E-state index in [2.05, 4.69) is 10.6 Å². The highest BCUT2D eigenvalue weighted by molar-refractivity contribution is 5.90. The topological polar surface area (TPSA) is 61.4 Å². The molecule has 2 amide bonds. The van der Waals surface area contributed by atoms with Crippen LogP contribution in [0.4, 0.5) is 0 Å². The quantitative estimate of drug-likeness (QED) is 0.755. The number of amides is 2. The maximum absolute atomic E-state index is 12.4. The predicted octanol–water partition coefficient (Wildman–Crippen LogP) is 0.254. The van der Waals surface area contributed by atoms with Crippen molar-refractivity contribution < 1.29 is 9.59 Å². The lowest BCUT2D eigenvalue weighted by molar-refractivity contribution is -0.136. The van der Waals surface area contributed by atoms with E-state index in [9.17, 15) is 9.59 Å². The fourth-order valence-corrected chi connectivity index (χ4v) is 2.70. The first kappa shape index (κ1) is 13.3. The number of carbonyl (C=O) groups is 2. The summed E-state index contributed by atoms with van der Waals surface area (Å²) in [6.07, 6.45) is 3.43. The van der Waals surface area contributed by atoms with Crippen molar-refractivity contribution in [1.82, 2.24) is 15.5 Å². The van der Waals surface area contributed by atoms with Gasteiger partial charge >= 0.3 is 0 Å². The van der Waals surface area contributed by atoms with Gasteiger partial charge in [0.2, 0.25) is 11.8 Å². The molecule has 2 atom stereocenters. The minimum atomic E-state index is -0.304. The summed E-state index contributed by atoms with van der Waals surface area (Å²) in [7, 11) is 0. The van der Waals surface area contributed by atoms with Gasteiger partial charge < -0.3 is 15.5 Å². The Hall–Kier alpha value is -1.10. The number of hydrogen-bond donors (Lipinski definition) is 2. The zero-order chi connectivity index (χ0) is 13.1. The summed E-state index contributed by atoms with van der Waals surface area (Å²) in [4.78, 5) is 25.5. The predicted molar refractivity (Wildman–Crippen MR) is 69.0 cm³/mol. The highest BCUT2D eigenvalue weighted by atomic mass is 16.2. The monoisotopic (exact) mass is 253 g/mol. The molecule has 2 fully saturated rings. The lowest BCUT2D eigenvalue weighted by atomic mass is 10.1.